The molecule has 0 aliphatic heterocycles. The van der Waals surface area contributed by atoms with E-state index >= 15 is 0 Å². The maximum atomic E-state index is 11.7. The van der Waals surface area contributed by atoms with Gasteiger partial charge in [-0.25, -0.2) is 9.78 Å². The summed E-state index contributed by atoms with van der Waals surface area (Å²) in [7, 11) is 0. The van der Waals surface area contributed by atoms with Crippen molar-refractivity contribution in [2.75, 3.05) is 5.32 Å². The summed E-state index contributed by atoms with van der Waals surface area (Å²) in [6, 6.07) is 13.2. The van der Waals surface area contributed by atoms with Gasteiger partial charge in [-0.1, -0.05) is 36.4 Å². The first-order chi connectivity index (χ1) is 8.75. The van der Waals surface area contributed by atoms with Gasteiger partial charge in [-0.05, 0) is 24.1 Å². The minimum atomic E-state index is -0.249. The Kier molecular flexibility index (Phi) is 3.91. The van der Waals surface area contributed by atoms with Gasteiger partial charge < -0.3 is 5.32 Å². The molecule has 0 aliphatic carbocycles. The summed E-state index contributed by atoms with van der Waals surface area (Å²) < 4.78 is 0. The molecule has 92 valence electrons. The van der Waals surface area contributed by atoms with Crippen molar-refractivity contribution < 1.29 is 4.79 Å². The highest BCUT2D eigenvalue weighted by molar-refractivity contribution is 5.88. The Balaban J connectivity index is 1.88. The van der Waals surface area contributed by atoms with Crippen molar-refractivity contribution in [3.8, 4) is 0 Å². The molecule has 2 N–H and O–H groups in total. The van der Waals surface area contributed by atoms with Crippen molar-refractivity contribution in [2.45, 2.75) is 13.5 Å². The molecule has 0 radical (unpaired) electrons. The molecule has 4 heteroatoms. The normalized spacial score (nSPS) is 9.83. The van der Waals surface area contributed by atoms with Gasteiger partial charge in [-0.3, -0.25) is 5.32 Å². The number of urea groups is 1. The first-order valence-corrected chi connectivity index (χ1v) is 5.76. The Morgan fingerprint density at radius 2 is 1.94 bits per heavy atom. The van der Waals surface area contributed by atoms with E-state index in [9.17, 15) is 4.79 Å². The Morgan fingerprint density at radius 3 is 2.67 bits per heavy atom. The zero-order chi connectivity index (χ0) is 12.8. The summed E-state index contributed by atoms with van der Waals surface area (Å²) in [5, 5.41) is 5.50. The molecule has 2 rings (SSSR count). The smallest absolute Gasteiger partial charge is 0.320 e. The van der Waals surface area contributed by atoms with Gasteiger partial charge in [-0.2, -0.15) is 0 Å². The SMILES string of the molecule is Cc1cccnc1NC(=O)NCc1ccccc1. The van der Waals surface area contributed by atoms with Gasteiger partial charge in [0.1, 0.15) is 5.82 Å². The first-order valence-electron chi connectivity index (χ1n) is 5.76. The quantitative estimate of drug-likeness (QED) is 0.868. The average molecular weight is 241 g/mol. The van der Waals surface area contributed by atoms with Gasteiger partial charge in [-0.15, -0.1) is 0 Å². The Labute approximate surface area is 106 Å². The third kappa shape index (κ3) is 3.31. The third-order valence-electron chi connectivity index (χ3n) is 2.54. The summed E-state index contributed by atoms with van der Waals surface area (Å²) in [5.74, 6) is 0.586. The third-order valence-corrected chi connectivity index (χ3v) is 2.54. The lowest BCUT2D eigenvalue weighted by molar-refractivity contribution is 0.251. The number of anilines is 1. The summed E-state index contributed by atoms with van der Waals surface area (Å²) in [4.78, 5) is 15.8. The van der Waals surface area contributed by atoms with Gasteiger partial charge in [0, 0.05) is 12.7 Å². The first kappa shape index (κ1) is 12.1. The van der Waals surface area contributed by atoms with Crippen molar-refractivity contribution in [1.82, 2.24) is 10.3 Å². The van der Waals surface area contributed by atoms with Gasteiger partial charge in [0.25, 0.3) is 0 Å². The van der Waals surface area contributed by atoms with Crippen LogP contribution in [0.25, 0.3) is 0 Å². The molecule has 0 atom stereocenters. The minimum Gasteiger partial charge on any atom is -0.334 e. The number of aryl methyl sites for hydroxylation is 1. The van der Waals surface area contributed by atoms with Crippen LogP contribution in [-0.2, 0) is 6.54 Å². The van der Waals surface area contributed by atoms with Crippen LogP contribution in [0.3, 0.4) is 0 Å². The monoisotopic (exact) mass is 241 g/mol. The number of amides is 2. The van der Waals surface area contributed by atoms with E-state index in [-0.39, 0.29) is 6.03 Å². The molecule has 1 heterocycles. The molecule has 0 fully saturated rings. The van der Waals surface area contributed by atoms with Crippen LogP contribution in [-0.4, -0.2) is 11.0 Å². The summed E-state index contributed by atoms with van der Waals surface area (Å²) >= 11 is 0. The zero-order valence-corrected chi connectivity index (χ0v) is 10.2. The molecule has 0 unspecified atom stereocenters. The van der Waals surface area contributed by atoms with Crippen LogP contribution < -0.4 is 10.6 Å². The van der Waals surface area contributed by atoms with E-state index < -0.39 is 0 Å². The highest BCUT2D eigenvalue weighted by Gasteiger charge is 2.04. The average Bonchev–Trinajstić information content (AvgIpc) is 2.40. The molecule has 2 aromatic rings. The maximum Gasteiger partial charge on any atom is 0.320 e. The van der Waals surface area contributed by atoms with Crippen LogP contribution in [0.2, 0.25) is 0 Å². The topological polar surface area (TPSA) is 54.0 Å². The van der Waals surface area contributed by atoms with E-state index in [2.05, 4.69) is 15.6 Å². The van der Waals surface area contributed by atoms with Crippen LogP contribution in [0, 0.1) is 6.92 Å². The Morgan fingerprint density at radius 1 is 1.17 bits per heavy atom. The highest BCUT2D eigenvalue weighted by Crippen LogP contribution is 2.08. The molecular weight excluding hydrogens is 226 g/mol. The standard InChI is InChI=1S/C14H15N3O/c1-11-6-5-9-15-13(11)17-14(18)16-10-12-7-3-2-4-8-12/h2-9H,10H2,1H3,(H2,15,16,17,18). The molecule has 18 heavy (non-hydrogen) atoms. The zero-order valence-electron chi connectivity index (χ0n) is 10.2. The van der Waals surface area contributed by atoms with Crippen molar-refractivity contribution in [2.24, 2.45) is 0 Å². The number of hydrogen-bond donors (Lipinski definition) is 2. The van der Waals surface area contributed by atoms with Crippen LogP contribution in [0.4, 0.5) is 10.6 Å². The molecule has 1 aromatic heterocycles. The largest absolute Gasteiger partial charge is 0.334 e. The number of rotatable bonds is 3. The van der Waals surface area contributed by atoms with Gasteiger partial charge in [0.05, 0.1) is 0 Å². The highest BCUT2D eigenvalue weighted by atomic mass is 16.2. The molecule has 0 saturated heterocycles. The number of carbonyl (C=O) groups is 1. The maximum absolute atomic E-state index is 11.7. The summed E-state index contributed by atoms with van der Waals surface area (Å²) in [6.07, 6.45) is 1.65. The van der Waals surface area contributed by atoms with Gasteiger partial charge in [0.2, 0.25) is 0 Å². The van der Waals surface area contributed by atoms with E-state index in [1.807, 2.05) is 49.4 Å². The van der Waals surface area contributed by atoms with Gasteiger partial charge >= 0.3 is 6.03 Å². The molecular formula is C14H15N3O. The van der Waals surface area contributed by atoms with Crippen molar-refractivity contribution >= 4 is 11.8 Å². The number of nitrogens with one attached hydrogen (secondary N) is 2. The number of carbonyl (C=O) groups excluding carboxylic acids is 1. The number of nitrogens with zero attached hydrogens (tertiary/aromatic N) is 1. The second-order valence-corrected chi connectivity index (χ2v) is 3.96. The lowest BCUT2D eigenvalue weighted by Crippen LogP contribution is -2.28. The fourth-order valence-corrected chi connectivity index (χ4v) is 1.55. The molecule has 0 aliphatic rings. The fraction of sp³-hybridized carbons (Fsp3) is 0.143. The predicted octanol–water partition coefficient (Wildman–Crippen LogP) is 2.71. The second kappa shape index (κ2) is 5.82. The molecule has 1 aromatic carbocycles. The summed E-state index contributed by atoms with van der Waals surface area (Å²) in [5.41, 5.74) is 2.00. The number of pyridine rings is 1. The van der Waals surface area contributed by atoms with Crippen molar-refractivity contribution in [3.63, 3.8) is 0 Å². The molecule has 0 spiro atoms. The van der Waals surface area contributed by atoms with Crippen LogP contribution in [0.1, 0.15) is 11.1 Å². The van der Waals surface area contributed by atoms with E-state index in [1.54, 1.807) is 6.20 Å². The predicted molar refractivity (Wildman–Crippen MR) is 71.3 cm³/mol. The molecule has 2 amide bonds. The van der Waals surface area contributed by atoms with E-state index in [1.165, 1.54) is 0 Å². The van der Waals surface area contributed by atoms with Crippen molar-refractivity contribution in [1.29, 1.82) is 0 Å². The van der Waals surface area contributed by atoms with E-state index in [4.69, 9.17) is 0 Å². The Hall–Kier alpha value is -2.36. The minimum absolute atomic E-state index is 0.249. The summed E-state index contributed by atoms with van der Waals surface area (Å²) in [6.45, 7) is 2.40. The van der Waals surface area contributed by atoms with E-state index in [0.717, 1.165) is 11.1 Å². The van der Waals surface area contributed by atoms with Crippen LogP contribution in [0.5, 0.6) is 0 Å². The molecule has 0 saturated carbocycles. The van der Waals surface area contributed by atoms with Gasteiger partial charge in [0.15, 0.2) is 0 Å². The number of hydrogen-bond acceptors (Lipinski definition) is 2. The Bertz CT molecular complexity index is 526. The van der Waals surface area contributed by atoms with Crippen molar-refractivity contribution in [3.05, 3.63) is 59.8 Å². The van der Waals surface area contributed by atoms with E-state index in [0.29, 0.717) is 12.4 Å². The molecule has 4 nitrogen and oxygen atoms in total. The number of aromatic nitrogens is 1. The van der Waals surface area contributed by atoms with Crippen LogP contribution >= 0.6 is 0 Å². The fourth-order valence-electron chi connectivity index (χ4n) is 1.55. The second-order valence-electron chi connectivity index (χ2n) is 3.96. The lowest BCUT2D eigenvalue weighted by Gasteiger charge is -2.08. The lowest BCUT2D eigenvalue weighted by atomic mass is 10.2. The molecule has 0 bridgehead atoms. The van der Waals surface area contributed by atoms with Crippen LogP contribution in [0.15, 0.2) is 48.7 Å². The number of benzene rings is 1.